The standard InChI is InChI=1S/C25H33N3O3/c1-30-23-11-9-21(10-12-23)25(29)22-13-17-28(18-14-22)16-5-8-24(27-31-19-15-26)20-6-3-2-4-7-20/h2-4,6-7,9-12,22H,5,8,13-19,26H2,1H3/b27-24-. The Morgan fingerprint density at radius 3 is 2.42 bits per heavy atom. The second-order valence-electron chi connectivity index (χ2n) is 7.84. The van der Waals surface area contributed by atoms with Crippen LogP contribution in [0.25, 0.3) is 0 Å². The van der Waals surface area contributed by atoms with Gasteiger partial charge in [0, 0.05) is 18.0 Å². The highest BCUT2D eigenvalue weighted by molar-refractivity contribution is 6.00. The number of ether oxygens (including phenoxy) is 1. The summed E-state index contributed by atoms with van der Waals surface area (Å²) in [4.78, 5) is 20.6. The molecule has 0 aliphatic carbocycles. The first-order chi connectivity index (χ1) is 15.2. The summed E-state index contributed by atoms with van der Waals surface area (Å²) in [5.74, 6) is 1.13. The molecule has 2 N–H and O–H groups in total. The minimum Gasteiger partial charge on any atom is -0.497 e. The summed E-state index contributed by atoms with van der Waals surface area (Å²) < 4.78 is 5.18. The van der Waals surface area contributed by atoms with Crippen LogP contribution in [0.15, 0.2) is 59.8 Å². The Bertz CT molecular complexity index is 829. The second kappa shape index (κ2) is 12.2. The van der Waals surface area contributed by atoms with Crippen molar-refractivity contribution in [1.82, 2.24) is 4.90 Å². The highest BCUT2D eigenvalue weighted by atomic mass is 16.6. The number of Topliss-reactive ketones (excluding diaryl/α,β-unsaturated/α-hetero) is 1. The fourth-order valence-corrected chi connectivity index (χ4v) is 3.93. The Balaban J connectivity index is 1.45. The quantitative estimate of drug-likeness (QED) is 0.258. The van der Waals surface area contributed by atoms with E-state index in [1.54, 1.807) is 7.11 Å². The van der Waals surface area contributed by atoms with Gasteiger partial charge in [-0.3, -0.25) is 4.79 Å². The van der Waals surface area contributed by atoms with Crippen LogP contribution in [0.3, 0.4) is 0 Å². The lowest BCUT2D eigenvalue weighted by Crippen LogP contribution is -2.37. The van der Waals surface area contributed by atoms with E-state index in [9.17, 15) is 4.79 Å². The maximum atomic E-state index is 12.8. The molecule has 0 atom stereocenters. The molecule has 2 aromatic rings. The van der Waals surface area contributed by atoms with Crippen molar-refractivity contribution in [2.45, 2.75) is 25.7 Å². The summed E-state index contributed by atoms with van der Waals surface area (Å²) in [5.41, 5.74) is 8.32. The molecule has 6 heteroatoms. The summed E-state index contributed by atoms with van der Waals surface area (Å²) in [6.45, 7) is 3.77. The van der Waals surface area contributed by atoms with Gasteiger partial charge in [-0.1, -0.05) is 35.5 Å². The number of benzene rings is 2. The third kappa shape index (κ3) is 6.91. The zero-order chi connectivity index (χ0) is 21.9. The molecule has 2 aromatic carbocycles. The van der Waals surface area contributed by atoms with Gasteiger partial charge in [-0.15, -0.1) is 0 Å². The van der Waals surface area contributed by atoms with Gasteiger partial charge in [0.05, 0.1) is 12.8 Å². The van der Waals surface area contributed by atoms with E-state index >= 15 is 0 Å². The fraction of sp³-hybridized carbons (Fsp3) is 0.440. The Kier molecular flexibility index (Phi) is 9.06. The lowest BCUT2D eigenvalue weighted by atomic mass is 9.88. The number of carbonyl (C=O) groups excluding carboxylic acids is 1. The number of hydrogen-bond acceptors (Lipinski definition) is 6. The smallest absolute Gasteiger partial charge is 0.166 e. The average molecular weight is 424 g/mol. The second-order valence-corrected chi connectivity index (χ2v) is 7.84. The van der Waals surface area contributed by atoms with Crippen LogP contribution >= 0.6 is 0 Å². The number of rotatable bonds is 11. The molecule has 1 saturated heterocycles. The highest BCUT2D eigenvalue weighted by Crippen LogP contribution is 2.23. The molecular formula is C25H33N3O3. The zero-order valence-corrected chi connectivity index (χ0v) is 18.3. The molecule has 0 unspecified atom stereocenters. The predicted octanol–water partition coefficient (Wildman–Crippen LogP) is 3.75. The number of carbonyl (C=O) groups is 1. The Morgan fingerprint density at radius 2 is 1.77 bits per heavy atom. The first-order valence-electron chi connectivity index (χ1n) is 11.1. The van der Waals surface area contributed by atoms with E-state index in [0.29, 0.717) is 13.2 Å². The lowest BCUT2D eigenvalue weighted by Gasteiger charge is -2.31. The van der Waals surface area contributed by atoms with E-state index in [4.69, 9.17) is 15.3 Å². The number of hydrogen-bond donors (Lipinski definition) is 1. The van der Waals surface area contributed by atoms with Gasteiger partial charge in [0.1, 0.15) is 12.4 Å². The minimum absolute atomic E-state index is 0.107. The van der Waals surface area contributed by atoms with Crippen molar-refractivity contribution < 1.29 is 14.4 Å². The average Bonchev–Trinajstić information content (AvgIpc) is 2.84. The van der Waals surface area contributed by atoms with Crippen LogP contribution in [0.5, 0.6) is 5.75 Å². The van der Waals surface area contributed by atoms with Crippen molar-refractivity contribution >= 4 is 11.5 Å². The first kappa shape index (κ1) is 23.0. The van der Waals surface area contributed by atoms with Crippen molar-refractivity contribution in [1.29, 1.82) is 0 Å². The Labute approximate surface area is 185 Å². The molecule has 0 amide bonds. The number of piperidine rings is 1. The number of ketones is 1. The largest absolute Gasteiger partial charge is 0.497 e. The van der Waals surface area contributed by atoms with Crippen LogP contribution in [0.2, 0.25) is 0 Å². The number of likely N-dealkylation sites (tertiary alicyclic amines) is 1. The molecule has 0 aromatic heterocycles. The van der Waals surface area contributed by atoms with Crippen molar-refractivity contribution in [2.75, 3.05) is 39.9 Å². The van der Waals surface area contributed by atoms with Crippen molar-refractivity contribution in [3.8, 4) is 5.75 Å². The number of nitrogens with zero attached hydrogens (tertiary/aromatic N) is 2. The third-order valence-corrected chi connectivity index (χ3v) is 5.71. The molecule has 0 radical (unpaired) electrons. The van der Waals surface area contributed by atoms with Gasteiger partial charge in [-0.2, -0.15) is 0 Å². The van der Waals surface area contributed by atoms with Crippen molar-refractivity contribution in [3.63, 3.8) is 0 Å². The molecule has 3 rings (SSSR count). The number of methoxy groups -OCH3 is 1. The van der Waals surface area contributed by atoms with Crippen LogP contribution < -0.4 is 10.5 Å². The molecule has 0 bridgehead atoms. The van der Waals surface area contributed by atoms with Gasteiger partial charge in [-0.05, 0) is 75.1 Å². The van der Waals surface area contributed by atoms with Gasteiger partial charge < -0.3 is 20.2 Å². The van der Waals surface area contributed by atoms with E-state index in [0.717, 1.165) is 67.9 Å². The van der Waals surface area contributed by atoms with Crippen LogP contribution in [0, 0.1) is 5.92 Å². The van der Waals surface area contributed by atoms with Crippen LogP contribution in [0.4, 0.5) is 0 Å². The fourth-order valence-electron chi connectivity index (χ4n) is 3.93. The Hall–Kier alpha value is -2.70. The monoisotopic (exact) mass is 423 g/mol. The van der Waals surface area contributed by atoms with Gasteiger partial charge in [0.15, 0.2) is 5.78 Å². The van der Waals surface area contributed by atoms with Crippen LogP contribution in [0.1, 0.15) is 41.6 Å². The maximum Gasteiger partial charge on any atom is 0.166 e. The number of oxime groups is 1. The molecular weight excluding hydrogens is 390 g/mol. The predicted molar refractivity (Wildman–Crippen MR) is 124 cm³/mol. The minimum atomic E-state index is 0.107. The summed E-state index contributed by atoms with van der Waals surface area (Å²) in [7, 11) is 1.63. The highest BCUT2D eigenvalue weighted by Gasteiger charge is 2.25. The molecule has 0 spiro atoms. The lowest BCUT2D eigenvalue weighted by molar-refractivity contribution is 0.0839. The first-order valence-corrected chi connectivity index (χ1v) is 11.1. The van der Waals surface area contributed by atoms with E-state index in [1.807, 2.05) is 42.5 Å². The molecule has 6 nitrogen and oxygen atoms in total. The SMILES string of the molecule is COc1ccc(C(=O)C2CCN(CCC/C(=N/OCCN)c3ccccc3)CC2)cc1. The normalized spacial score (nSPS) is 15.6. The summed E-state index contributed by atoms with van der Waals surface area (Å²) in [5, 5.41) is 4.31. The van der Waals surface area contributed by atoms with Crippen LogP contribution in [-0.4, -0.2) is 56.3 Å². The molecule has 1 aliphatic rings. The van der Waals surface area contributed by atoms with E-state index in [2.05, 4.69) is 22.2 Å². The molecule has 1 heterocycles. The van der Waals surface area contributed by atoms with Crippen molar-refractivity contribution in [2.24, 2.45) is 16.8 Å². The Morgan fingerprint density at radius 1 is 1.06 bits per heavy atom. The molecule has 0 saturated carbocycles. The molecule has 1 aliphatic heterocycles. The summed E-state index contributed by atoms with van der Waals surface area (Å²) in [6.07, 6.45) is 3.66. The molecule has 166 valence electrons. The zero-order valence-electron chi connectivity index (χ0n) is 18.3. The maximum absolute atomic E-state index is 12.8. The number of nitrogens with two attached hydrogens (primary N) is 1. The van der Waals surface area contributed by atoms with Gasteiger partial charge in [0.25, 0.3) is 0 Å². The van der Waals surface area contributed by atoms with E-state index < -0.39 is 0 Å². The van der Waals surface area contributed by atoms with Gasteiger partial charge in [0.2, 0.25) is 0 Å². The summed E-state index contributed by atoms with van der Waals surface area (Å²) in [6, 6.07) is 17.6. The van der Waals surface area contributed by atoms with E-state index in [1.165, 1.54) is 0 Å². The topological polar surface area (TPSA) is 77.1 Å². The molecule has 1 fully saturated rings. The van der Waals surface area contributed by atoms with Crippen LogP contribution in [-0.2, 0) is 4.84 Å². The third-order valence-electron chi connectivity index (χ3n) is 5.71. The molecule has 31 heavy (non-hydrogen) atoms. The van der Waals surface area contributed by atoms with Crippen molar-refractivity contribution in [3.05, 3.63) is 65.7 Å². The van der Waals surface area contributed by atoms with E-state index in [-0.39, 0.29) is 11.7 Å². The van der Waals surface area contributed by atoms with Gasteiger partial charge >= 0.3 is 0 Å². The van der Waals surface area contributed by atoms with Gasteiger partial charge in [-0.25, -0.2) is 0 Å². The summed E-state index contributed by atoms with van der Waals surface area (Å²) >= 11 is 0.